The summed E-state index contributed by atoms with van der Waals surface area (Å²) in [4.78, 5) is 10.1. The van der Waals surface area contributed by atoms with Gasteiger partial charge in [-0.1, -0.05) is 12.8 Å². The van der Waals surface area contributed by atoms with Crippen LogP contribution in [0, 0.1) is 16.0 Å². The highest BCUT2D eigenvalue weighted by molar-refractivity contribution is 7.89. The van der Waals surface area contributed by atoms with Crippen LogP contribution in [0.5, 0.6) is 0 Å². The average Bonchev–Trinajstić information content (AvgIpc) is 3.27. The van der Waals surface area contributed by atoms with Gasteiger partial charge >= 0.3 is 0 Å². The molecule has 2 N–H and O–H groups in total. The first-order valence-electron chi connectivity index (χ1n) is 6.90. The van der Waals surface area contributed by atoms with Crippen molar-refractivity contribution in [1.82, 2.24) is 4.72 Å². The molecule has 0 heterocycles. The number of rotatable bonds is 8. The molecule has 0 amide bonds. The first-order valence-corrected chi connectivity index (χ1v) is 8.38. The third-order valence-corrected chi connectivity index (χ3v) is 5.02. The second-order valence-electron chi connectivity index (χ2n) is 5.17. The van der Waals surface area contributed by atoms with Crippen LogP contribution in [0.1, 0.15) is 25.7 Å². The second kappa shape index (κ2) is 6.40. The van der Waals surface area contributed by atoms with Crippen molar-refractivity contribution >= 4 is 21.4 Å². The zero-order chi connectivity index (χ0) is 15.5. The largest absolute Gasteiger partial charge is 0.388 e. The fraction of sp³-hybridized carbons (Fsp3) is 0.538. The van der Waals surface area contributed by atoms with E-state index in [1.165, 1.54) is 31.0 Å². The molecule has 0 bridgehead atoms. The Bertz CT molecular complexity index is 626. The van der Waals surface area contributed by atoms with Gasteiger partial charge in [0.1, 0.15) is 0 Å². The first-order chi connectivity index (χ1) is 9.94. The predicted molar refractivity (Wildman–Crippen MR) is 79.8 cm³/mol. The van der Waals surface area contributed by atoms with Crippen LogP contribution in [0.25, 0.3) is 0 Å². The van der Waals surface area contributed by atoms with Gasteiger partial charge in [0.05, 0.1) is 4.92 Å². The molecule has 0 aromatic heterocycles. The summed E-state index contributed by atoms with van der Waals surface area (Å²) in [6.45, 7) is 0.309. The Morgan fingerprint density at radius 3 is 2.67 bits per heavy atom. The summed E-state index contributed by atoms with van der Waals surface area (Å²) < 4.78 is 26.8. The number of nitrogens with zero attached hydrogens (tertiary/aromatic N) is 1. The molecule has 0 atom stereocenters. The zero-order valence-corrected chi connectivity index (χ0v) is 12.6. The van der Waals surface area contributed by atoms with Crippen LogP contribution in [0.15, 0.2) is 23.1 Å². The van der Waals surface area contributed by atoms with Gasteiger partial charge in [-0.25, -0.2) is 13.1 Å². The summed E-state index contributed by atoms with van der Waals surface area (Å²) >= 11 is 0. The van der Waals surface area contributed by atoms with Crippen molar-refractivity contribution in [2.24, 2.45) is 5.92 Å². The minimum atomic E-state index is -3.86. The fourth-order valence-corrected chi connectivity index (χ4v) is 3.35. The van der Waals surface area contributed by atoms with Crippen molar-refractivity contribution in [2.75, 3.05) is 18.9 Å². The Kier molecular flexibility index (Phi) is 4.79. The van der Waals surface area contributed by atoms with E-state index < -0.39 is 20.6 Å². The normalized spacial score (nSPS) is 14.9. The van der Waals surface area contributed by atoms with Gasteiger partial charge in [0, 0.05) is 25.3 Å². The molecule has 7 nitrogen and oxygen atoms in total. The van der Waals surface area contributed by atoms with Crippen molar-refractivity contribution < 1.29 is 13.3 Å². The van der Waals surface area contributed by atoms with Crippen molar-refractivity contribution in [1.29, 1.82) is 0 Å². The summed E-state index contributed by atoms with van der Waals surface area (Å²) in [6, 6.07) is 3.98. The SMILES string of the molecule is CNc1ccc(S(=O)(=O)NCCCC2CC2)c([N+](=O)[O-])c1. The van der Waals surface area contributed by atoms with E-state index in [1.54, 1.807) is 7.05 Å². The molecule has 0 radical (unpaired) electrons. The molecule has 0 spiro atoms. The fourth-order valence-electron chi connectivity index (χ4n) is 2.12. The van der Waals surface area contributed by atoms with Gasteiger partial charge in [-0.15, -0.1) is 0 Å². The molecule has 21 heavy (non-hydrogen) atoms. The van der Waals surface area contributed by atoms with Gasteiger partial charge in [-0.2, -0.15) is 0 Å². The number of hydrogen-bond acceptors (Lipinski definition) is 5. The van der Waals surface area contributed by atoms with Gasteiger partial charge in [-0.05, 0) is 30.9 Å². The van der Waals surface area contributed by atoms with Crippen molar-refractivity contribution in [3.63, 3.8) is 0 Å². The van der Waals surface area contributed by atoms with Crippen molar-refractivity contribution in [2.45, 2.75) is 30.6 Å². The van der Waals surface area contributed by atoms with Gasteiger partial charge in [0.25, 0.3) is 5.69 Å². The smallest absolute Gasteiger partial charge is 0.291 e. The van der Waals surface area contributed by atoms with E-state index in [0.29, 0.717) is 12.2 Å². The molecule has 8 heteroatoms. The van der Waals surface area contributed by atoms with Crippen LogP contribution < -0.4 is 10.0 Å². The Balaban J connectivity index is 2.11. The number of nitro groups is 1. The monoisotopic (exact) mass is 313 g/mol. The van der Waals surface area contributed by atoms with Crippen molar-refractivity contribution in [3.05, 3.63) is 28.3 Å². The standard InChI is InChI=1S/C13H19N3O4S/c1-14-11-6-7-13(12(9-11)16(17)18)21(19,20)15-8-2-3-10-4-5-10/h6-7,9-10,14-15H,2-5,8H2,1H3. The summed E-state index contributed by atoms with van der Waals surface area (Å²) in [7, 11) is -2.24. The third-order valence-electron chi connectivity index (χ3n) is 3.51. The van der Waals surface area contributed by atoms with Crippen LogP contribution in [0.4, 0.5) is 11.4 Å². The molecule has 1 aromatic rings. The first kappa shape index (κ1) is 15.7. The van der Waals surface area contributed by atoms with Crippen LogP contribution in [0.3, 0.4) is 0 Å². The number of benzene rings is 1. The molecule has 2 rings (SSSR count). The summed E-state index contributed by atoms with van der Waals surface area (Å²) in [6.07, 6.45) is 4.21. The van der Waals surface area contributed by atoms with Gasteiger partial charge in [0.2, 0.25) is 10.0 Å². The lowest BCUT2D eigenvalue weighted by atomic mass is 10.2. The van der Waals surface area contributed by atoms with E-state index in [1.807, 2.05) is 0 Å². The molecule has 0 aliphatic heterocycles. The van der Waals surface area contributed by atoms with E-state index in [4.69, 9.17) is 0 Å². The second-order valence-corrected chi connectivity index (χ2v) is 6.91. The highest BCUT2D eigenvalue weighted by Gasteiger charge is 2.26. The summed E-state index contributed by atoms with van der Waals surface area (Å²) in [5.74, 6) is 0.735. The Morgan fingerprint density at radius 2 is 2.10 bits per heavy atom. The predicted octanol–water partition coefficient (Wildman–Crippen LogP) is 2.10. The lowest BCUT2D eigenvalue weighted by Crippen LogP contribution is -2.25. The molecular formula is C13H19N3O4S. The van der Waals surface area contributed by atoms with E-state index in [-0.39, 0.29) is 4.90 Å². The summed E-state index contributed by atoms with van der Waals surface area (Å²) in [5, 5.41) is 13.8. The van der Waals surface area contributed by atoms with Crippen LogP contribution in [0.2, 0.25) is 0 Å². The van der Waals surface area contributed by atoms with Crippen molar-refractivity contribution in [3.8, 4) is 0 Å². The average molecular weight is 313 g/mol. The van der Waals surface area contributed by atoms with E-state index in [0.717, 1.165) is 18.8 Å². The van der Waals surface area contributed by atoms with Crippen LogP contribution >= 0.6 is 0 Å². The number of sulfonamides is 1. The molecule has 1 aliphatic carbocycles. The quantitative estimate of drug-likeness (QED) is 0.435. The summed E-state index contributed by atoms with van der Waals surface area (Å²) in [5.41, 5.74) is 0.0749. The van der Waals surface area contributed by atoms with E-state index >= 15 is 0 Å². The number of anilines is 1. The maximum absolute atomic E-state index is 12.2. The van der Waals surface area contributed by atoms with Gasteiger partial charge in [-0.3, -0.25) is 10.1 Å². The Hall–Kier alpha value is -1.67. The molecule has 1 aliphatic rings. The Morgan fingerprint density at radius 1 is 1.38 bits per heavy atom. The zero-order valence-electron chi connectivity index (χ0n) is 11.8. The lowest BCUT2D eigenvalue weighted by Gasteiger charge is -2.08. The highest BCUT2D eigenvalue weighted by atomic mass is 32.2. The number of nitrogens with one attached hydrogen (secondary N) is 2. The number of hydrogen-bond donors (Lipinski definition) is 2. The minimum Gasteiger partial charge on any atom is -0.388 e. The highest BCUT2D eigenvalue weighted by Crippen LogP contribution is 2.33. The maximum atomic E-state index is 12.2. The molecule has 0 saturated heterocycles. The van der Waals surface area contributed by atoms with Gasteiger partial charge in [0.15, 0.2) is 4.90 Å². The van der Waals surface area contributed by atoms with Gasteiger partial charge < -0.3 is 5.32 Å². The third kappa shape index (κ3) is 4.15. The number of nitro benzene ring substituents is 1. The van der Waals surface area contributed by atoms with Crippen LogP contribution in [-0.2, 0) is 10.0 Å². The molecule has 1 saturated carbocycles. The molecule has 0 unspecified atom stereocenters. The molecule has 1 fully saturated rings. The molecular weight excluding hydrogens is 294 g/mol. The van der Waals surface area contributed by atoms with Crippen LogP contribution in [-0.4, -0.2) is 26.9 Å². The minimum absolute atomic E-state index is 0.294. The lowest BCUT2D eigenvalue weighted by molar-refractivity contribution is -0.387. The Labute approximate surface area is 123 Å². The van der Waals surface area contributed by atoms with E-state index in [9.17, 15) is 18.5 Å². The molecule has 1 aromatic carbocycles. The maximum Gasteiger partial charge on any atom is 0.291 e. The topological polar surface area (TPSA) is 101 Å². The molecule has 116 valence electrons. The van der Waals surface area contributed by atoms with E-state index in [2.05, 4.69) is 10.0 Å².